The van der Waals surface area contributed by atoms with Crippen molar-refractivity contribution in [2.75, 3.05) is 0 Å². The maximum absolute atomic E-state index is 11.8. The Labute approximate surface area is 149 Å². The van der Waals surface area contributed by atoms with Crippen LogP contribution in [0.3, 0.4) is 0 Å². The van der Waals surface area contributed by atoms with E-state index in [0.717, 1.165) is 21.8 Å². The van der Waals surface area contributed by atoms with Crippen LogP contribution in [0.2, 0.25) is 10.0 Å². The van der Waals surface area contributed by atoms with E-state index < -0.39 is 0 Å². The lowest BCUT2D eigenvalue weighted by atomic mass is 10.1. The van der Waals surface area contributed by atoms with Crippen molar-refractivity contribution in [3.63, 3.8) is 0 Å². The van der Waals surface area contributed by atoms with Crippen molar-refractivity contribution in [3.05, 3.63) is 56.8 Å². The van der Waals surface area contributed by atoms with Crippen LogP contribution in [0, 0.1) is 0 Å². The second kappa shape index (κ2) is 5.76. The Morgan fingerprint density at radius 2 is 2.04 bits per heavy atom. The molecule has 114 valence electrons. The van der Waals surface area contributed by atoms with Gasteiger partial charge in [0.25, 0.3) is 0 Å². The summed E-state index contributed by atoms with van der Waals surface area (Å²) < 4.78 is 1.88. The Balaban J connectivity index is 2.00. The fourth-order valence-electron chi connectivity index (χ4n) is 2.47. The molecule has 4 aromatic rings. The average Bonchev–Trinajstić information content (AvgIpc) is 3.22. The molecule has 0 bridgehead atoms. The van der Waals surface area contributed by atoms with Crippen LogP contribution in [0.4, 0.5) is 0 Å². The fourth-order valence-corrected chi connectivity index (χ4v) is 4.67. The molecule has 0 atom stereocenters. The van der Waals surface area contributed by atoms with Gasteiger partial charge in [-0.1, -0.05) is 29.3 Å². The summed E-state index contributed by atoms with van der Waals surface area (Å²) in [6, 6.07) is 9.19. The van der Waals surface area contributed by atoms with Crippen LogP contribution >= 0.6 is 45.9 Å². The number of thiazole rings is 1. The second-order valence-electron chi connectivity index (χ2n) is 4.80. The summed E-state index contributed by atoms with van der Waals surface area (Å²) in [6.45, 7) is 0. The molecule has 7 heteroatoms. The SMILES string of the molecule is O=Cc1c(-c2ccc(Cl)cc2Cl)nc2scc(-c3cccs3)n12. The molecule has 1 aromatic carbocycles. The lowest BCUT2D eigenvalue weighted by Gasteiger charge is -2.03. The van der Waals surface area contributed by atoms with Gasteiger partial charge in [0, 0.05) is 16.0 Å². The van der Waals surface area contributed by atoms with Crippen molar-refractivity contribution in [3.8, 4) is 21.8 Å². The zero-order valence-electron chi connectivity index (χ0n) is 11.5. The van der Waals surface area contributed by atoms with Crippen LogP contribution in [0.1, 0.15) is 10.5 Å². The van der Waals surface area contributed by atoms with Gasteiger partial charge in [0.1, 0.15) is 11.4 Å². The van der Waals surface area contributed by atoms with Gasteiger partial charge in [-0.15, -0.1) is 22.7 Å². The first-order valence-corrected chi connectivity index (χ1v) is 9.15. The van der Waals surface area contributed by atoms with E-state index in [1.165, 1.54) is 11.3 Å². The molecule has 0 radical (unpaired) electrons. The number of benzene rings is 1. The first kappa shape index (κ1) is 14.9. The summed E-state index contributed by atoms with van der Waals surface area (Å²) in [5.41, 5.74) is 2.73. The molecule has 0 aliphatic heterocycles. The summed E-state index contributed by atoms with van der Waals surface area (Å²) in [4.78, 5) is 18.2. The van der Waals surface area contributed by atoms with Gasteiger partial charge in [0.2, 0.25) is 0 Å². The maximum Gasteiger partial charge on any atom is 0.195 e. The highest BCUT2D eigenvalue weighted by Gasteiger charge is 2.20. The van der Waals surface area contributed by atoms with Gasteiger partial charge in [-0.25, -0.2) is 4.98 Å². The number of thiophene rings is 1. The van der Waals surface area contributed by atoms with Crippen LogP contribution in [-0.2, 0) is 0 Å². The Kier molecular flexibility index (Phi) is 3.73. The molecule has 0 amide bonds. The van der Waals surface area contributed by atoms with Gasteiger partial charge in [-0.2, -0.15) is 0 Å². The molecule has 3 nitrogen and oxygen atoms in total. The molecule has 0 spiro atoms. The number of hydrogen-bond donors (Lipinski definition) is 0. The van der Waals surface area contributed by atoms with Crippen molar-refractivity contribution in [1.82, 2.24) is 9.38 Å². The topological polar surface area (TPSA) is 34.4 Å². The largest absolute Gasteiger partial charge is 0.296 e. The Morgan fingerprint density at radius 3 is 2.74 bits per heavy atom. The highest BCUT2D eigenvalue weighted by atomic mass is 35.5. The minimum atomic E-state index is 0.476. The Morgan fingerprint density at radius 1 is 1.17 bits per heavy atom. The molecule has 0 unspecified atom stereocenters. The molecule has 0 aliphatic carbocycles. The number of carbonyl (C=O) groups is 1. The summed E-state index contributed by atoms with van der Waals surface area (Å²) in [5.74, 6) is 0. The predicted octanol–water partition coefficient (Wildman–Crippen LogP) is 5.91. The van der Waals surface area contributed by atoms with E-state index in [9.17, 15) is 4.79 Å². The van der Waals surface area contributed by atoms with Gasteiger partial charge in [0.05, 0.1) is 15.6 Å². The quantitative estimate of drug-likeness (QED) is 0.415. The van der Waals surface area contributed by atoms with E-state index in [1.807, 2.05) is 27.3 Å². The van der Waals surface area contributed by atoms with Gasteiger partial charge < -0.3 is 0 Å². The standard InChI is InChI=1S/C16H8Cl2N2OS2/c17-9-3-4-10(11(18)6-9)15-12(7-21)20-13(8-23-16(20)19-15)14-2-1-5-22-14/h1-8H. The third-order valence-electron chi connectivity index (χ3n) is 3.47. The van der Waals surface area contributed by atoms with E-state index in [1.54, 1.807) is 29.5 Å². The van der Waals surface area contributed by atoms with Crippen molar-refractivity contribution < 1.29 is 4.79 Å². The number of imidazole rings is 1. The summed E-state index contributed by atoms with van der Waals surface area (Å²) >= 11 is 15.4. The molecule has 0 N–H and O–H groups in total. The zero-order valence-corrected chi connectivity index (χ0v) is 14.6. The number of fused-ring (bicyclic) bond motifs is 1. The molecular weight excluding hydrogens is 371 g/mol. The Bertz CT molecular complexity index is 1020. The van der Waals surface area contributed by atoms with Crippen molar-refractivity contribution >= 4 is 57.1 Å². The van der Waals surface area contributed by atoms with Crippen LogP contribution in [-0.4, -0.2) is 15.7 Å². The molecule has 4 rings (SSSR count). The maximum atomic E-state index is 11.8. The predicted molar refractivity (Wildman–Crippen MR) is 97.2 cm³/mol. The minimum Gasteiger partial charge on any atom is -0.296 e. The van der Waals surface area contributed by atoms with E-state index >= 15 is 0 Å². The minimum absolute atomic E-state index is 0.476. The molecule has 23 heavy (non-hydrogen) atoms. The fraction of sp³-hybridized carbons (Fsp3) is 0. The van der Waals surface area contributed by atoms with Crippen molar-refractivity contribution in [2.24, 2.45) is 0 Å². The zero-order chi connectivity index (χ0) is 16.0. The first-order chi connectivity index (χ1) is 11.2. The summed E-state index contributed by atoms with van der Waals surface area (Å²) in [7, 11) is 0. The number of nitrogens with zero attached hydrogens (tertiary/aromatic N) is 2. The third kappa shape index (κ3) is 2.40. The smallest absolute Gasteiger partial charge is 0.195 e. The summed E-state index contributed by atoms with van der Waals surface area (Å²) in [6.07, 6.45) is 0.824. The monoisotopic (exact) mass is 378 g/mol. The number of hydrogen-bond acceptors (Lipinski definition) is 4. The van der Waals surface area contributed by atoms with Gasteiger partial charge >= 0.3 is 0 Å². The Hall–Kier alpha value is -1.66. The van der Waals surface area contributed by atoms with Crippen LogP contribution < -0.4 is 0 Å². The van der Waals surface area contributed by atoms with Gasteiger partial charge in [-0.05, 0) is 29.6 Å². The van der Waals surface area contributed by atoms with Crippen molar-refractivity contribution in [2.45, 2.75) is 0 Å². The number of rotatable bonds is 3. The number of halogens is 2. The van der Waals surface area contributed by atoms with Gasteiger partial charge in [0.15, 0.2) is 11.2 Å². The van der Waals surface area contributed by atoms with Gasteiger partial charge in [-0.3, -0.25) is 9.20 Å². The van der Waals surface area contributed by atoms with Crippen LogP contribution in [0.25, 0.3) is 26.8 Å². The molecule has 0 aliphatic rings. The number of aldehydes is 1. The van der Waals surface area contributed by atoms with E-state index in [2.05, 4.69) is 4.98 Å². The number of aromatic nitrogens is 2. The molecular formula is C16H8Cl2N2OS2. The van der Waals surface area contributed by atoms with E-state index in [-0.39, 0.29) is 0 Å². The highest BCUT2D eigenvalue weighted by Crippen LogP contribution is 2.36. The highest BCUT2D eigenvalue weighted by molar-refractivity contribution is 7.17. The molecule has 0 saturated carbocycles. The lowest BCUT2D eigenvalue weighted by Crippen LogP contribution is -1.93. The second-order valence-corrected chi connectivity index (χ2v) is 7.43. The van der Waals surface area contributed by atoms with Crippen molar-refractivity contribution in [1.29, 1.82) is 0 Å². The molecule has 3 aromatic heterocycles. The average molecular weight is 379 g/mol. The lowest BCUT2D eigenvalue weighted by molar-refractivity contribution is 0.111. The van der Waals surface area contributed by atoms with E-state index in [4.69, 9.17) is 23.2 Å². The van der Waals surface area contributed by atoms with E-state index in [0.29, 0.717) is 27.0 Å². The molecule has 0 saturated heterocycles. The van der Waals surface area contributed by atoms with Crippen LogP contribution in [0.5, 0.6) is 0 Å². The normalized spacial score (nSPS) is 11.2. The first-order valence-electron chi connectivity index (χ1n) is 6.63. The number of carbonyl (C=O) groups excluding carboxylic acids is 1. The third-order valence-corrected chi connectivity index (χ3v) is 5.74. The van der Waals surface area contributed by atoms with Crippen LogP contribution in [0.15, 0.2) is 41.1 Å². The molecule has 3 heterocycles. The summed E-state index contributed by atoms with van der Waals surface area (Å²) in [5, 5.41) is 5.04. The molecule has 0 fully saturated rings.